The lowest BCUT2D eigenvalue weighted by Gasteiger charge is -2.04. The molecule has 2 N–H and O–H groups in total. The van der Waals surface area contributed by atoms with E-state index in [1.807, 2.05) is 0 Å². The first-order valence-electron chi connectivity index (χ1n) is 6.45. The molecule has 2 rings (SSSR count). The van der Waals surface area contributed by atoms with Gasteiger partial charge in [-0.2, -0.15) is 4.57 Å². The van der Waals surface area contributed by atoms with Gasteiger partial charge in [-0.1, -0.05) is 23.2 Å². The van der Waals surface area contributed by atoms with E-state index in [0.29, 0.717) is 21.2 Å². The van der Waals surface area contributed by atoms with E-state index < -0.39 is 0 Å². The molecule has 22 heavy (non-hydrogen) atoms. The molecule has 0 unspecified atom stereocenters. The molecule has 0 aliphatic carbocycles. The number of hydrazine groups is 1. The fourth-order valence-corrected chi connectivity index (χ4v) is 2.42. The lowest BCUT2D eigenvalue weighted by Crippen LogP contribution is -2.40. The second-order valence-electron chi connectivity index (χ2n) is 4.52. The summed E-state index contributed by atoms with van der Waals surface area (Å²) >= 11 is 11.8. The van der Waals surface area contributed by atoms with Crippen molar-refractivity contribution in [3.63, 3.8) is 0 Å². The zero-order valence-electron chi connectivity index (χ0n) is 11.8. The number of benzene rings is 1. The van der Waals surface area contributed by atoms with Crippen molar-refractivity contribution < 1.29 is 14.2 Å². The minimum atomic E-state index is -0.283. The van der Waals surface area contributed by atoms with Gasteiger partial charge in [0.25, 0.3) is 5.91 Å². The van der Waals surface area contributed by atoms with Crippen molar-refractivity contribution >= 4 is 34.9 Å². The van der Waals surface area contributed by atoms with E-state index >= 15 is 0 Å². The molecule has 0 atom stereocenters. The summed E-state index contributed by atoms with van der Waals surface area (Å²) in [6.45, 7) is 0.0715. The van der Waals surface area contributed by atoms with Crippen molar-refractivity contribution in [2.24, 2.45) is 0 Å². The highest BCUT2D eigenvalue weighted by molar-refractivity contribution is 6.36. The van der Waals surface area contributed by atoms with Crippen molar-refractivity contribution in [3.05, 3.63) is 63.9 Å². The van der Waals surface area contributed by atoms with Crippen LogP contribution in [0.5, 0.6) is 0 Å². The lowest BCUT2D eigenvalue weighted by atomic mass is 10.1. The molecule has 0 aliphatic heterocycles. The second kappa shape index (κ2) is 7.35. The predicted octanol–water partition coefficient (Wildman–Crippen LogP) is 2.03. The van der Waals surface area contributed by atoms with Crippen LogP contribution in [0.1, 0.15) is 20.7 Å². The Morgan fingerprint density at radius 3 is 2.68 bits per heavy atom. The van der Waals surface area contributed by atoms with Gasteiger partial charge in [-0.3, -0.25) is 15.0 Å². The van der Waals surface area contributed by atoms with Crippen LogP contribution in [0.2, 0.25) is 10.0 Å². The Morgan fingerprint density at radius 1 is 1.23 bits per heavy atom. The largest absolute Gasteiger partial charge is 0.288 e. The van der Waals surface area contributed by atoms with E-state index in [1.165, 1.54) is 6.07 Å². The molecule has 2 aromatic rings. The third-order valence-electron chi connectivity index (χ3n) is 2.92. The number of carbonyl (C=O) groups is 2. The number of rotatable bonds is 5. The average molecular weight is 339 g/mol. The molecule has 1 heterocycles. The first-order valence-corrected chi connectivity index (χ1v) is 7.21. The molecule has 0 bridgehead atoms. The summed E-state index contributed by atoms with van der Waals surface area (Å²) < 4.78 is 1.62. The topological polar surface area (TPSA) is 62.1 Å². The number of ketones is 1. The maximum Gasteiger partial charge on any atom is 0.271 e. The molecule has 5 nitrogen and oxygen atoms in total. The van der Waals surface area contributed by atoms with E-state index in [-0.39, 0.29) is 18.2 Å². The number of hydrogen-bond acceptors (Lipinski definition) is 3. The van der Waals surface area contributed by atoms with Gasteiger partial charge in [0.05, 0.1) is 5.02 Å². The SMILES string of the molecule is CNNC(=O)c1ccc[n+](CC(=O)c2ccc(Cl)cc2Cl)c1. The number of hydrogen-bond donors (Lipinski definition) is 2. The fourth-order valence-electron chi connectivity index (χ4n) is 1.91. The first kappa shape index (κ1) is 16.4. The smallest absolute Gasteiger partial charge is 0.271 e. The molecule has 0 radical (unpaired) electrons. The number of halogens is 2. The molecule has 0 fully saturated rings. The number of nitrogens with one attached hydrogen (secondary N) is 2. The third kappa shape index (κ3) is 4.04. The molecular formula is C15H14Cl2N3O2+. The summed E-state index contributed by atoms with van der Waals surface area (Å²) in [7, 11) is 1.60. The Morgan fingerprint density at radius 2 is 2.00 bits per heavy atom. The molecule has 0 saturated carbocycles. The number of carbonyl (C=O) groups excluding carboxylic acids is 2. The summed E-state index contributed by atoms with van der Waals surface area (Å²) in [5.41, 5.74) is 5.85. The zero-order chi connectivity index (χ0) is 16.1. The lowest BCUT2D eigenvalue weighted by molar-refractivity contribution is -0.683. The molecule has 1 aromatic carbocycles. The third-order valence-corrected chi connectivity index (χ3v) is 3.46. The quantitative estimate of drug-likeness (QED) is 0.498. The number of aromatic nitrogens is 1. The summed E-state index contributed by atoms with van der Waals surface area (Å²) in [6.07, 6.45) is 3.30. The van der Waals surface area contributed by atoms with Gasteiger partial charge in [0.15, 0.2) is 12.4 Å². The van der Waals surface area contributed by atoms with Crippen molar-refractivity contribution in [1.29, 1.82) is 0 Å². The van der Waals surface area contributed by atoms with Gasteiger partial charge in [-0.25, -0.2) is 5.43 Å². The van der Waals surface area contributed by atoms with E-state index in [9.17, 15) is 9.59 Å². The monoisotopic (exact) mass is 338 g/mol. The van der Waals surface area contributed by atoms with Crippen molar-refractivity contribution in [1.82, 2.24) is 10.9 Å². The van der Waals surface area contributed by atoms with Gasteiger partial charge in [0, 0.05) is 23.7 Å². The predicted molar refractivity (Wildman–Crippen MR) is 84.0 cm³/mol. The van der Waals surface area contributed by atoms with Crippen molar-refractivity contribution in [3.8, 4) is 0 Å². The Kier molecular flexibility index (Phi) is 5.49. The van der Waals surface area contributed by atoms with Crippen LogP contribution in [0.15, 0.2) is 42.7 Å². The highest BCUT2D eigenvalue weighted by atomic mass is 35.5. The zero-order valence-corrected chi connectivity index (χ0v) is 13.3. The maximum atomic E-state index is 12.3. The van der Waals surface area contributed by atoms with Gasteiger partial charge in [0.2, 0.25) is 12.3 Å². The molecule has 1 amide bonds. The van der Waals surface area contributed by atoms with E-state index in [0.717, 1.165) is 0 Å². The summed E-state index contributed by atoms with van der Waals surface area (Å²) in [5, 5.41) is 0.780. The van der Waals surface area contributed by atoms with Gasteiger partial charge in [-0.05, 0) is 24.3 Å². The summed E-state index contributed by atoms with van der Waals surface area (Å²) in [6, 6.07) is 8.08. The van der Waals surface area contributed by atoms with E-state index in [1.54, 1.807) is 48.3 Å². The molecule has 0 saturated heterocycles. The van der Waals surface area contributed by atoms with Crippen molar-refractivity contribution in [2.75, 3.05) is 7.05 Å². The highest BCUT2D eigenvalue weighted by Gasteiger charge is 2.17. The minimum Gasteiger partial charge on any atom is -0.288 e. The maximum absolute atomic E-state index is 12.3. The second-order valence-corrected chi connectivity index (χ2v) is 5.36. The number of amides is 1. The Hall–Kier alpha value is -1.95. The van der Waals surface area contributed by atoms with Crippen LogP contribution in [0.4, 0.5) is 0 Å². The van der Waals surface area contributed by atoms with Gasteiger partial charge >= 0.3 is 0 Å². The van der Waals surface area contributed by atoms with E-state index in [4.69, 9.17) is 23.2 Å². The molecule has 0 aliphatic rings. The van der Waals surface area contributed by atoms with Crippen LogP contribution in [-0.2, 0) is 6.54 Å². The van der Waals surface area contributed by atoms with Crippen LogP contribution in [-0.4, -0.2) is 18.7 Å². The molecule has 7 heteroatoms. The Balaban J connectivity index is 2.18. The molecule has 114 valence electrons. The van der Waals surface area contributed by atoms with Crippen LogP contribution < -0.4 is 15.4 Å². The van der Waals surface area contributed by atoms with E-state index in [2.05, 4.69) is 10.9 Å². The standard InChI is InChI=1S/C15H13Cl2N3O2/c1-18-19-15(22)10-3-2-6-20(8-10)9-14(21)12-5-4-11(16)7-13(12)17/h2-8,18H,9H2,1H3/p+1. The first-order chi connectivity index (χ1) is 10.5. The summed E-state index contributed by atoms with van der Waals surface area (Å²) in [4.78, 5) is 24.0. The minimum absolute atomic E-state index is 0.0715. The van der Waals surface area contributed by atoms with Crippen LogP contribution in [0.25, 0.3) is 0 Å². The van der Waals surface area contributed by atoms with Gasteiger partial charge in [0.1, 0.15) is 5.56 Å². The number of nitrogens with zero attached hydrogens (tertiary/aromatic N) is 1. The number of pyridine rings is 1. The molecule has 0 spiro atoms. The normalized spacial score (nSPS) is 10.3. The van der Waals surface area contributed by atoms with Gasteiger partial charge < -0.3 is 0 Å². The number of Topliss-reactive ketones (excluding diaryl/α,β-unsaturated/α-hetero) is 1. The summed E-state index contributed by atoms with van der Waals surface area (Å²) in [5.74, 6) is -0.452. The van der Waals surface area contributed by atoms with Crippen LogP contribution in [0, 0.1) is 0 Å². The fraction of sp³-hybridized carbons (Fsp3) is 0.133. The highest BCUT2D eigenvalue weighted by Crippen LogP contribution is 2.21. The Bertz CT molecular complexity index is 720. The van der Waals surface area contributed by atoms with Crippen molar-refractivity contribution in [2.45, 2.75) is 6.54 Å². The Labute approximate surface area is 137 Å². The average Bonchev–Trinajstić information content (AvgIpc) is 2.47. The van der Waals surface area contributed by atoms with Gasteiger partial charge in [-0.15, -0.1) is 0 Å². The van der Waals surface area contributed by atoms with Crippen LogP contribution >= 0.6 is 23.2 Å². The molecular weight excluding hydrogens is 325 g/mol. The van der Waals surface area contributed by atoms with Crippen LogP contribution in [0.3, 0.4) is 0 Å². The molecule has 1 aromatic heterocycles.